The number of hydrogen-bond donors (Lipinski definition) is 1. The first-order valence-electron chi connectivity index (χ1n) is 6.14. The van der Waals surface area contributed by atoms with Crippen molar-refractivity contribution in [1.29, 1.82) is 0 Å². The summed E-state index contributed by atoms with van der Waals surface area (Å²) in [5.41, 5.74) is 0.868. The van der Waals surface area contributed by atoms with Crippen molar-refractivity contribution in [2.75, 3.05) is 19.7 Å². The van der Waals surface area contributed by atoms with Crippen LogP contribution in [0.15, 0.2) is 6.07 Å². The minimum absolute atomic E-state index is 0.215. The molecule has 2 heterocycles. The van der Waals surface area contributed by atoms with Gasteiger partial charge in [0.15, 0.2) is 0 Å². The Labute approximate surface area is 102 Å². The van der Waals surface area contributed by atoms with E-state index in [1.807, 2.05) is 19.9 Å². The Morgan fingerprint density at radius 1 is 1.35 bits per heavy atom. The number of aryl methyl sites for hydroxylation is 1. The Hall–Kier alpha value is -1.36. The van der Waals surface area contributed by atoms with Crippen LogP contribution in [0.25, 0.3) is 0 Å². The molecule has 1 aromatic rings. The van der Waals surface area contributed by atoms with Crippen LogP contribution in [0, 0.1) is 6.92 Å². The van der Waals surface area contributed by atoms with E-state index >= 15 is 0 Å². The quantitative estimate of drug-likeness (QED) is 0.855. The smallest absolute Gasteiger partial charge is 0.320 e. The number of ether oxygens (including phenoxy) is 2. The lowest BCUT2D eigenvalue weighted by Gasteiger charge is -2.22. The lowest BCUT2D eigenvalue weighted by Crippen LogP contribution is -2.34. The minimum atomic E-state index is 0.215. The van der Waals surface area contributed by atoms with Crippen molar-refractivity contribution in [1.82, 2.24) is 15.3 Å². The third-order valence-corrected chi connectivity index (χ3v) is 2.66. The molecule has 0 aliphatic carbocycles. The summed E-state index contributed by atoms with van der Waals surface area (Å²) in [5, 5.41) is 3.30. The second kappa shape index (κ2) is 5.82. The highest BCUT2D eigenvalue weighted by molar-refractivity contribution is 5.17. The van der Waals surface area contributed by atoms with Crippen molar-refractivity contribution in [3.63, 3.8) is 0 Å². The predicted octanol–water partition coefficient (Wildman–Crippen LogP) is 1.31. The van der Waals surface area contributed by atoms with Gasteiger partial charge < -0.3 is 14.8 Å². The van der Waals surface area contributed by atoms with Gasteiger partial charge in [0.05, 0.1) is 6.61 Å². The lowest BCUT2D eigenvalue weighted by molar-refractivity contribution is 0.146. The highest BCUT2D eigenvalue weighted by atomic mass is 16.5. The maximum Gasteiger partial charge on any atom is 0.320 e. The molecule has 0 spiro atoms. The molecule has 5 heteroatoms. The predicted molar refractivity (Wildman–Crippen MR) is 64.5 cm³/mol. The zero-order chi connectivity index (χ0) is 12.1. The van der Waals surface area contributed by atoms with Crippen LogP contribution >= 0.6 is 0 Å². The summed E-state index contributed by atoms with van der Waals surface area (Å²) in [7, 11) is 0. The van der Waals surface area contributed by atoms with Gasteiger partial charge in [-0.25, -0.2) is 4.98 Å². The van der Waals surface area contributed by atoms with Crippen LogP contribution in [0.1, 0.15) is 25.5 Å². The minimum Gasteiger partial charge on any atom is -0.478 e. The zero-order valence-electron chi connectivity index (χ0n) is 10.4. The van der Waals surface area contributed by atoms with Gasteiger partial charge in [-0.15, -0.1) is 0 Å². The van der Waals surface area contributed by atoms with E-state index in [2.05, 4.69) is 15.3 Å². The Morgan fingerprint density at radius 2 is 2.12 bits per heavy atom. The summed E-state index contributed by atoms with van der Waals surface area (Å²) in [6, 6.07) is 2.25. The number of hydrogen-bond acceptors (Lipinski definition) is 5. The molecule has 1 saturated heterocycles. The number of rotatable bonds is 4. The van der Waals surface area contributed by atoms with Gasteiger partial charge in [0.1, 0.15) is 6.10 Å². The second-order valence-electron chi connectivity index (χ2n) is 4.13. The van der Waals surface area contributed by atoms with Crippen LogP contribution in [0.4, 0.5) is 0 Å². The third-order valence-electron chi connectivity index (χ3n) is 2.66. The maximum atomic E-state index is 5.78. The van der Waals surface area contributed by atoms with E-state index in [0.29, 0.717) is 18.5 Å². The largest absolute Gasteiger partial charge is 0.478 e. The summed E-state index contributed by atoms with van der Waals surface area (Å²) in [5.74, 6) is 0.587. The summed E-state index contributed by atoms with van der Waals surface area (Å²) in [6.07, 6.45) is 2.22. The van der Waals surface area contributed by atoms with Crippen molar-refractivity contribution < 1.29 is 9.47 Å². The van der Waals surface area contributed by atoms with E-state index in [-0.39, 0.29) is 6.10 Å². The van der Waals surface area contributed by atoms with Crippen LogP contribution in [-0.2, 0) is 0 Å². The fourth-order valence-corrected chi connectivity index (χ4v) is 1.85. The first-order chi connectivity index (χ1) is 8.28. The van der Waals surface area contributed by atoms with Gasteiger partial charge >= 0.3 is 6.01 Å². The molecular formula is C12H19N3O2. The second-order valence-corrected chi connectivity index (χ2v) is 4.13. The average molecular weight is 237 g/mol. The molecule has 1 N–H and O–H groups in total. The third kappa shape index (κ3) is 3.56. The molecule has 0 unspecified atom stereocenters. The van der Waals surface area contributed by atoms with E-state index in [9.17, 15) is 0 Å². The van der Waals surface area contributed by atoms with Gasteiger partial charge in [-0.2, -0.15) is 4.98 Å². The van der Waals surface area contributed by atoms with E-state index in [1.165, 1.54) is 0 Å². The molecule has 17 heavy (non-hydrogen) atoms. The molecule has 0 amide bonds. The van der Waals surface area contributed by atoms with Gasteiger partial charge in [0, 0.05) is 11.8 Å². The molecular weight excluding hydrogens is 218 g/mol. The maximum absolute atomic E-state index is 5.78. The number of nitrogens with one attached hydrogen (secondary N) is 1. The number of nitrogens with zero attached hydrogens (tertiary/aromatic N) is 2. The number of piperidine rings is 1. The van der Waals surface area contributed by atoms with Gasteiger partial charge in [-0.3, -0.25) is 0 Å². The number of aromatic nitrogens is 2. The van der Waals surface area contributed by atoms with Gasteiger partial charge in [0.2, 0.25) is 5.88 Å². The molecule has 0 aromatic carbocycles. The van der Waals surface area contributed by atoms with E-state index < -0.39 is 0 Å². The molecule has 2 rings (SSSR count). The van der Waals surface area contributed by atoms with Crippen molar-refractivity contribution in [3.8, 4) is 11.9 Å². The Balaban J connectivity index is 2.03. The van der Waals surface area contributed by atoms with Gasteiger partial charge in [0.25, 0.3) is 0 Å². The van der Waals surface area contributed by atoms with Crippen LogP contribution < -0.4 is 14.8 Å². The zero-order valence-corrected chi connectivity index (χ0v) is 10.4. The molecule has 1 aliphatic rings. The summed E-state index contributed by atoms with van der Waals surface area (Å²) in [6.45, 7) is 6.44. The fraction of sp³-hybridized carbons (Fsp3) is 0.667. The molecule has 1 aliphatic heterocycles. The fourth-order valence-electron chi connectivity index (χ4n) is 1.85. The Morgan fingerprint density at radius 3 is 2.82 bits per heavy atom. The SMILES string of the molecule is CCOc1cc(C)nc(OC2CCNCC2)n1. The Kier molecular flexibility index (Phi) is 4.14. The first-order valence-corrected chi connectivity index (χ1v) is 6.14. The molecule has 0 atom stereocenters. The van der Waals surface area contributed by atoms with Crippen LogP contribution in [0.3, 0.4) is 0 Å². The summed E-state index contributed by atoms with van der Waals surface area (Å²) >= 11 is 0. The topological polar surface area (TPSA) is 56.3 Å². The monoisotopic (exact) mass is 237 g/mol. The molecule has 5 nitrogen and oxygen atoms in total. The first kappa shape index (κ1) is 12.1. The van der Waals surface area contributed by atoms with Crippen LogP contribution in [0.2, 0.25) is 0 Å². The summed E-state index contributed by atoms with van der Waals surface area (Å²) in [4.78, 5) is 8.52. The Bertz CT molecular complexity index is 365. The van der Waals surface area contributed by atoms with Crippen molar-refractivity contribution in [2.45, 2.75) is 32.8 Å². The standard InChI is InChI=1S/C12H19N3O2/c1-3-16-11-8-9(2)14-12(15-11)17-10-4-6-13-7-5-10/h8,10,13H,3-7H2,1-2H3. The lowest BCUT2D eigenvalue weighted by atomic mass is 10.1. The molecule has 0 bridgehead atoms. The molecule has 0 saturated carbocycles. The average Bonchev–Trinajstić information content (AvgIpc) is 2.30. The molecule has 0 radical (unpaired) electrons. The van der Waals surface area contributed by atoms with E-state index in [0.717, 1.165) is 31.6 Å². The van der Waals surface area contributed by atoms with Gasteiger partial charge in [-0.1, -0.05) is 0 Å². The normalized spacial score (nSPS) is 16.8. The summed E-state index contributed by atoms with van der Waals surface area (Å²) < 4.78 is 11.2. The van der Waals surface area contributed by atoms with E-state index in [4.69, 9.17) is 9.47 Å². The highest BCUT2D eigenvalue weighted by Crippen LogP contribution is 2.17. The van der Waals surface area contributed by atoms with Gasteiger partial charge in [-0.05, 0) is 39.8 Å². The molecule has 94 valence electrons. The van der Waals surface area contributed by atoms with Crippen molar-refractivity contribution >= 4 is 0 Å². The van der Waals surface area contributed by atoms with Crippen molar-refractivity contribution in [2.24, 2.45) is 0 Å². The van der Waals surface area contributed by atoms with Crippen LogP contribution in [-0.4, -0.2) is 35.8 Å². The molecule has 1 aromatic heterocycles. The highest BCUT2D eigenvalue weighted by Gasteiger charge is 2.16. The molecule has 1 fully saturated rings. The van der Waals surface area contributed by atoms with Crippen molar-refractivity contribution in [3.05, 3.63) is 11.8 Å². The van der Waals surface area contributed by atoms with E-state index in [1.54, 1.807) is 0 Å². The van der Waals surface area contributed by atoms with Crippen LogP contribution in [0.5, 0.6) is 11.9 Å².